The number of hydrogen-bond donors (Lipinski definition) is 3. The Morgan fingerprint density at radius 1 is 1.35 bits per heavy atom. The minimum atomic E-state index is -0.645. The standard InChI is InChI=1S/C15H11BrClN3O5S/c16-8-1-4-13(10(17)5-8)25-7-14(22)19-15(26)18-11-3-2-9(20(23)24)6-12(11)21/h1-6,21H,7H2,(H2,18,19,22,26). The van der Waals surface area contributed by atoms with Crippen LogP contribution in [0, 0.1) is 10.1 Å². The zero-order valence-corrected chi connectivity index (χ0v) is 16.0. The quantitative estimate of drug-likeness (QED) is 0.270. The average Bonchev–Trinajstić information content (AvgIpc) is 2.55. The molecule has 0 heterocycles. The topological polar surface area (TPSA) is 114 Å². The fraction of sp³-hybridized carbons (Fsp3) is 0.0667. The van der Waals surface area contributed by atoms with E-state index in [1.165, 1.54) is 12.1 Å². The number of nitro benzene ring substituents is 1. The number of anilines is 1. The molecule has 0 aliphatic heterocycles. The molecule has 0 atom stereocenters. The molecule has 2 aromatic rings. The second-order valence-corrected chi connectivity index (χ2v) is 6.56. The van der Waals surface area contributed by atoms with E-state index in [1.54, 1.807) is 18.2 Å². The van der Waals surface area contributed by atoms with E-state index in [2.05, 4.69) is 26.6 Å². The molecule has 2 aromatic carbocycles. The van der Waals surface area contributed by atoms with Crippen LogP contribution in [0.4, 0.5) is 11.4 Å². The molecule has 11 heteroatoms. The SMILES string of the molecule is O=C(COc1ccc(Br)cc1Cl)NC(=S)Nc1ccc([N+](=O)[O-])cc1O. The number of phenolic OH excluding ortho intramolecular Hbond substituents is 1. The molecule has 136 valence electrons. The number of nitro groups is 1. The molecule has 0 fully saturated rings. The molecule has 0 saturated carbocycles. The van der Waals surface area contributed by atoms with E-state index in [4.69, 9.17) is 28.6 Å². The van der Waals surface area contributed by atoms with E-state index < -0.39 is 10.8 Å². The Labute approximate surface area is 166 Å². The molecular formula is C15H11BrClN3O5S. The minimum Gasteiger partial charge on any atom is -0.506 e. The van der Waals surface area contributed by atoms with Gasteiger partial charge >= 0.3 is 0 Å². The first-order chi connectivity index (χ1) is 12.3. The number of amides is 1. The summed E-state index contributed by atoms with van der Waals surface area (Å²) < 4.78 is 6.06. The van der Waals surface area contributed by atoms with Crippen LogP contribution in [0.5, 0.6) is 11.5 Å². The molecule has 0 aromatic heterocycles. The number of nitrogens with one attached hydrogen (secondary N) is 2. The molecule has 0 spiro atoms. The normalized spacial score (nSPS) is 10.1. The van der Waals surface area contributed by atoms with Gasteiger partial charge in [-0.15, -0.1) is 0 Å². The molecule has 0 aliphatic carbocycles. The lowest BCUT2D eigenvalue weighted by atomic mass is 10.2. The van der Waals surface area contributed by atoms with Crippen molar-refractivity contribution in [3.8, 4) is 11.5 Å². The summed E-state index contributed by atoms with van der Waals surface area (Å²) in [5, 5.41) is 25.5. The first-order valence-electron chi connectivity index (χ1n) is 6.92. The van der Waals surface area contributed by atoms with Gasteiger partial charge < -0.3 is 15.2 Å². The number of carbonyl (C=O) groups is 1. The fourth-order valence-corrected chi connectivity index (χ4v) is 2.74. The molecule has 0 radical (unpaired) electrons. The van der Waals surface area contributed by atoms with Gasteiger partial charge in [-0.25, -0.2) is 0 Å². The van der Waals surface area contributed by atoms with E-state index in [0.717, 1.165) is 10.5 Å². The van der Waals surface area contributed by atoms with Crippen molar-refractivity contribution in [2.75, 3.05) is 11.9 Å². The Kier molecular flexibility index (Phi) is 6.72. The van der Waals surface area contributed by atoms with Crippen molar-refractivity contribution in [2.24, 2.45) is 0 Å². The zero-order chi connectivity index (χ0) is 19.3. The van der Waals surface area contributed by atoms with E-state index in [1.807, 2.05) is 0 Å². The van der Waals surface area contributed by atoms with Crippen molar-refractivity contribution in [2.45, 2.75) is 0 Å². The Bertz CT molecular complexity index is 880. The number of non-ortho nitro benzene ring substituents is 1. The molecule has 3 N–H and O–H groups in total. The lowest BCUT2D eigenvalue weighted by Gasteiger charge is -2.12. The van der Waals surface area contributed by atoms with Crippen molar-refractivity contribution in [1.82, 2.24) is 5.32 Å². The van der Waals surface area contributed by atoms with Gasteiger partial charge in [0.25, 0.3) is 11.6 Å². The Hall–Kier alpha value is -2.43. The predicted octanol–water partition coefficient (Wildman–Crippen LogP) is 3.61. The van der Waals surface area contributed by atoms with Crippen molar-refractivity contribution in [3.63, 3.8) is 0 Å². The number of rotatable bonds is 5. The number of ether oxygens (including phenoxy) is 1. The Morgan fingerprint density at radius 2 is 2.08 bits per heavy atom. The summed E-state index contributed by atoms with van der Waals surface area (Å²) in [6.45, 7) is -0.338. The van der Waals surface area contributed by atoms with Crippen LogP contribution < -0.4 is 15.4 Å². The fourth-order valence-electron chi connectivity index (χ4n) is 1.79. The van der Waals surface area contributed by atoms with Crippen molar-refractivity contribution in [3.05, 3.63) is 56.0 Å². The third-order valence-corrected chi connectivity index (χ3v) is 3.94. The van der Waals surface area contributed by atoms with E-state index in [0.29, 0.717) is 10.8 Å². The Morgan fingerprint density at radius 3 is 2.69 bits per heavy atom. The van der Waals surface area contributed by atoms with Gasteiger partial charge in [0.15, 0.2) is 11.7 Å². The molecule has 1 amide bonds. The van der Waals surface area contributed by atoms with Crippen LogP contribution in [0.15, 0.2) is 40.9 Å². The lowest BCUT2D eigenvalue weighted by molar-refractivity contribution is -0.384. The van der Waals surface area contributed by atoms with Crippen molar-refractivity contribution in [1.29, 1.82) is 0 Å². The number of aromatic hydroxyl groups is 1. The molecular weight excluding hydrogens is 450 g/mol. The maximum absolute atomic E-state index is 11.9. The van der Waals surface area contributed by atoms with Crippen LogP contribution >= 0.6 is 39.7 Å². The highest BCUT2D eigenvalue weighted by Gasteiger charge is 2.12. The van der Waals surface area contributed by atoms with Gasteiger partial charge in [-0.1, -0.05) is 27.5 Å². The van der Waals surface area contributed by atoms with Crippen LogP contribution in [0.3, 0.4) is 0 Å². The van der Waals surface area contributed by atoms with Crippen LogP contribution in [-0.4, -0.2) is 27.7 Å². The molecule has 0 saturated heterocycles. The third kappa shape index (κ3) is 5.55. The van der Waals surface area contributed by atoms with Crippen LogP contribution in [-0.2, 0) is 4.79 Å². The van der Waals surface area contributed by atoms with Gasteiger partial charge in [0, 0.05) is 10.5 Å². The maximum Gasteiger partial charge on any atom is 0.273 e. The van der Waals surface area contributed by atoms with Crippen molar-refractivity contribution < 1.29 is 19.6 Å². The summed E-state index contributed by atoms with van der Waals surface area (Å²) in [5.74, 6) is -0.603. The van der Waals surface area contributed by atoms with Crippen LogP contribution in [0.2, 0.25) is 5.02 Å². The van der Waals surface area contributed by atoms with E-state index >= 15 is 0 Å². The summed E-state index contributed by atoms with van der Waals surface area (Å²) >= 11 is 14.2. The highest BCUT2D eigenvalue weighted by molar-refractivity contribution is 9.10. The number of benzene rings is 2. The van der Waals surface area contributed by atoms with Gasteiger partial charge in [0.05, 0.1) is 21.7 Å². The monoisotopic (exact) mass is 459 g/mol. The van der Waals surface area contributed by atoms with Crippen molar-refractivity contribution >= 4 is 62.1 Å². The molecule has 8 nitrogen and oxygen atoms in total. The Balaban J connectivity index is 1.89. The second-order valence-electron chi connectivity index (χ2n) is 4.82. The van der Waals surface area contributed by atoms with Gasteiger partial charge in [-0.05, 0) is 36.5 Å². The van der Waals surface area contributed by atoms with Crippen LogP contribution in [0.25, 0.3) is 0 Å². The number of thiocarbonyl (C=S) groups is 1. The minimum absolute atomic E-state index is 0.107. The largest absolute Gasteiger partial charge is 0.506 e. The first kappa shape index (κ1) is 19.9. The number of phenols is 1. The summed E-state index contributed by atoms with van der Waals surface area (Å²) in [7, 11) is 0. The average molecular weight is 461 g/mol. The molecule has 0 unspecified atom stereocenters. The maximum atomic E-state index is 11.9. The predicted molar refractivity (Wildman–Crippen MR) is 104 cm³/mol. The van der Waals surface area contributed by atoms with Gasteiger partial charge in [-0.3, -0.25) is 20.2 Å². The lowest BCUT2D eigenvalue weighted by Crippen LogP contribution is -2.37. The van der Waals surface area contributed by atoms with E-state index in [9.17, 15) is 20.0 Å². The second kappa shape index (κ2) is 8.79. The smallest absolute Gasteiger partial charge is 0.273 e. The van der Waals surface area contributed by atoms with Crippen LogP contribution in [0.1, 0.15) is 0 Å². The van der Waals surface area contributed by atoms with Gasteiger partial charge in [0.2, 0.25) is 0 Å². The summed E-state index contributed by atoms with van der Waals surface area (Å²) in [4.78, 5) is 21.8. The third-order valence-electron chi connectivity index (χ3n) is 2.95. The number of carbonyl (C=O) groups excluding carboxylic acids is 1. The highest BCUT2D eigenvalue weighted by Crippen LogP contribution is 2.28. The number of hydrogen-bond acceptors (Lipinski definition) is 6. The first-order valence-corrected chi connectivity index (χ1v) is 8.50. The van der Waals surface area contributed by atoms with E-state index in [-0.39, 0.29) is 28.8 Å². The zero-order valence-electron chi connectivity index (χ0n) is 12.9. The van der Waals surface area contributed by atoms with Gasteiger partial charge in [0.1, 0.15) is 11.5 Å². The highest BCUT2D eigenvalue weighted by atomic mass is 79.9. The molecule has 0 bridgehead atoms. The molecule has 2 rings (SSSR count). The number of halogens is 2. The molecule has 26 heavy (non-hydrogen) atoms. The van der Waals surface area contributed by atoms with Gasteiger partial charge in [-0.2, -0.15) is 0 Å². The summed E-state index contributed by atoms with van der Waals surface area (Å²) in [6.07, 6.45) is 0. The number of nitrogens with zero attached hydrogens (tertiary/aromatic N) is 1. The summed E-state index contributed by atoms with van der Waals surface area (Å²) in [5.41, 5.74) is -0.166. The summed E-state index contributed by atoms with van der Waals surface area (Å²) in [6, 6.07) is 8.35. The molecule has 0 aliphatic rings.